The molecule has 2 N–H and O–H groups in total. The van der Waals surface area contributed by atoms with E-state index in [-0.39, 0.29) is 17.0 Å². The van der Waals surface area contributed by atoms with Crippen LogP contribution < -0.4 is 16.6 Å². The van der Waals surface area contributed by atoms with Crippen molar-refractivity contribution < 1.29 is 4.79 Å². The van der Waals surface area contributed by atoms with Crippen LogP contribution in [-0.4, -0.2) is 32.1 Å². The number of pyridine rings is 1. The molecule has 2 aromatic heterocycles. The number of aromatic nitrogens is 4. The number of Topliss-reactive ketones (excluding diaryl/α,β-unsaturated/α-hetero) is 1. The third-order valence-electron chi connectivity index (χ3n) is 6.12. The van der Waals surface area contributed by atoms with Gasteiger partial charge >= 0.3 is 5.69 Å². The first kappa shape index (κ1) is 18.9. The van der Waals surface area contributed by atoms with Crippen LogP contribution in [0.15, 0.2) is 33.9 Å². The fraction of sp³-hybridized carbons (Fsp3) is 0.273. The summed E-state index contributed by atoms with van der Waals surface area (Å²) >= 11 is 0. The molecule has 5 rings (SSSR count). The first-order chi connectivity index (χ1) is 14.8. The second-order valence-electron chi connectivity index (χ2n) is 8.09. The summed E-state index contributed by atoms with van der Waals surface area (Å²) in [6, 6.07) is 9.53. The Balaban J connectivity index is 1.52. The second-order valence-corrected chi connectivity index (χ2v) is 8.09. The Morgan fingerprint density at radius 2 is 2.00 bits per heavy atom. The van der Waals surface area contributed by atoms with Gasteiger partial charge in [-0.2, -0.15) is 9.94 Å². The number of carbonyl (C=O) groups excluding carboxylic acids is 1. The highest BCUT2D eigenvalue weighted by molar-refractivity contribution is 6.09. The summed E-state index contributed by atoms with van der Waals surface area (Å²) in [6.07, 6.45) is 1.22. The number of nitrogens with zero attached hydrogens (tertiary/aromatic N) is 4. The van der Waals surface area contributed by atoms with E-state index >= 15 is 0 Å². The maximum absolute atomic E-state index is 12.2. The maximum atomic E-state index is 12.2. The van der Waals surface area contributed by atoms with Crippen molar-refractivity contribution in [2.75, 3.05) is 11.9 Å². The van der Waals surface area contributed by atoms with Gasteiger partial charge in [-0.15, -0.1) is 5.10 Å². The molecule has 0 saturated heterocycles. The normalized spacial score (nSPS) is 18.5. The number of nitrogens with one attached hydrogen (secondary N) is 2. The van der Waals surface area contributed by atoms with Crippen LogP contribution in [-0.2, 0) is 16.6 Å². The highest BCUT2D eigenvalue weighted by atomic mass is 16.2. The molecule has 1 spiro atoms. The molecule has 1 aliphatic carbocycles. The molecule has 0 bridgehead atoms. The van der Waals surface area contributed by atoms with Gasteiger partial charge in [-0.3, -0.25) is 14.6 Å². The van der Waals surface area contributed by atoms with Crippen molar-refractivity contribution in [2.45, 2.75) is 32.1 Å². The van der Waals surface area contributed by atoms with Gasteiger partial charge in [0.2, 0.25) is 5.69 Å². The molecule has 0 amide bonds. The van der Waals surface area contributed by atoms with Crippen molar-refractivity contribution in [1.82, 2.24) is 19.7 Å². The van der Waals surface area contributed by atoms with Crippen LogP contribution in [0.4, 0.5) is 5.69 Å². The Kier molecular flexibility index (Phi) is 3.95. The summed E-state index contributed by atoms with van der Waals surface area (Å²) < 4.78 is 0.924. The van der Waals surface area contributed by atoms with Gasteiger partial charge in [0.15, 0.2) is 5.82 Å². The molecule has 3 aromatic rings. The summed E-state index contributed by atoms with van der Waals surface area (Å²) in [7, 11) is 0. The van der Waals surface area contributed by atoms with Gasteiger partial charge in [0.05, 0.1) is 5.41 Å². The third kappa shape index (κ3) is 2.87. The van der Waals surface area contributed by atoms with Crippen LogP contribution in [0, 0.1) is 25.2 Å². The van der Waals surface area contributed by atoms with Crippen LogP contribution in [0.2, 0.25) is 0 Å². The second kappa shape index (κ2) is 6.47. The van der Waals surface area contributed by atoms with Crippen molar-refractivity contribution in [1.29, 1.82) is 5.26 Å². The van der Waals surface area contributed by atoms with E-state index < -0.39 is 16.9 Å². The van der Waals surface area contributed by atoms with Crippen LogP contribution in [0.1, 0.15) is 40.1 Å². The van der Waals surface area contributed by atoms with E-state index in [1.54, 1.807) is 12.1 Å². The number of carbonyl (C=O) groups is 1. The quantitative estimate of drug-likeness (QED) is 0.654. The number of H-pyrrole nitrogens is 1. The van der Waals surface area contributed by atoms with Crippen molar-refractivity contribution in [3.8, 4) is 11.9 Å². The molecule has 31 heavy (non-hydrogen) atoms. The topological polar surface area (TPSA) is 134 Å². The predicted molar refractivity (Wildman–Crippen MR) is 111 cm³/mol. The minimum Gasteiger partial charge on any atom is -0.383 e. The molecule has 9 heteroatoms. The lowest BCUT2D eigenvalue weighted by atomic mass is 9.93. The van der Waals surface area contributed by atoms with Crippen molar-refractivity contribution >= 4 is 11.5 Å². The molecular formula is C22H18N6O3. The minimum absolute atomic E-state index is 0.234. The molecule has 2 aliphatic rings. The maximum Gasteiger partial charge on any atom is 0.351 e. The fourth-order valence-corrected chi connectivity index (χ4v) is 4.28. The summed E-state index contributed by atoms with van der Waals surface area (Å²) in [5.74, 6) is 0.516. The molecule has 9 nitrogen and oxygen atoms in total. The van der Waals surface area contributed by atoms with Crippen LogP contribution in [0.5, 0.6) is 0 Å². The zero-order valence-electron chi connectivity index (χ0n) is 16.9. The summed E-state index contributed by atoms with van der Waals surface area (Å²) in [5, 5.41) is 16.2. The first-order valence-electron chi connectivity index (χ1n) is 9.84. The highest BCUT2D eigenvalue weighted by Crippen LogP contribution is 2.51. The van der Waals surface area contributed by atoms with E-state index in [9.17, 15) is 14.4 Å². The lowest BCUT2D eigenvalue weighted by molar-refractivity contribution is -0.111. The minimum atomic E-state index is -0.827. The number of hydrogen-bond acceptors (Lipinski definition) is 7. The average molecular weight is 414 g/mol. The number of benzene rings is 1. The molecule has 1 aromatic carbocycles. The largest absolute Gasteiger partial charge is 0.383 e. The Morgan fingerprint density at radius 3 is 2.68 bits per heavy atom. The molecule has 1 unspecified atom stereocenters. The molecule has 1 atom stereocenters. The predicted octanol–water partition coefficient (Wildman–Crippen LogP) is 1.03. The fourth-order valence-electron chi connectivity index (χ4n) is 4.28. The Bertz CT molecular complexity index is 1420. The monoisotopic (exact) mass is 414 g/mol. The Hall–Kier alpha value is -4.06. The number of ketones is 1. The third-order valence-corrected chi connectivity index (χ3v) is 6.12. The van der Waals surface area contributed by atoms with Gasteiger partial charge in [-0.25, -0.2) is 9.78 Å². The summed E-state index contributed by atoms with van der Waals surface area (Å²) in [5.41, 5.74) is 3.46. The van der Waals surface area contributed by atoms with Gasteiger partial charge < -0.3 is 5.32 Å². The van der Waals surface area contributed by atoms with Crippen LogP contribution >= 0.6 is 0 Å². The van der Waals surface area contributed by atoms with E-state index in [0.717, 1.165) is 32.6 Å². The number of aryl methyl sites for hydroxylation is 2. The van der Waals surface area contributed by atoms with Crippen LogP contribution in [0.25, 0.3) is 5.82 Å². The van der Waals surface area contributed by atoms with E-state index in [1.807, 2.05) is 26.0 Å². The molecule has 1 saturated carbocycles. The number of anilines is 1. The highest BCUT2D eigenvalue weighted by Gasteiger charge is 2.58. The number of nitriles is 1. The number of hydrogen-bond donors (Lipinski definition) is 2. The lowest BCUT2D eigenvalue weighted by Gasteiger charge is -2.13. The molecular weight excluding hydrogens is 396 g/mol. The Labute approximate surface area is 176 Å². The van der Waals surface area contributed by atoms with Gasteiger partial charge in [0, 0.05) is 24.3 Å². The number of fused-ring (bicyclic) bond motifs is 2. The van der Waals surface area contributed by atoms with Crippen molar-refractivity contribution in [3.63, 3.8) is 0 Å². The van der Waals surface area contributed by atoms with Crippen molar-refractivity contribution in [3.05, 3.63) is 78.7 Å². The average Bonchev–Trinajstić information content (AvgIpc) is 3.25. The summed E-state index contributed by atoms with van der Waals surface area (Å²) in [6.45, 7) is 4.43. The van der Waals surface area contributed by atoms with Gasteiger partial charge in [0.1, 0.15) is 11.9 Å². The molecule has 1 fully saturated rings. The molecule has 154 valence electrons. The number of rotatable bonds is 3. The zero-order valence-corrected chi connectivity index (χ0v) is 16.9. The van der Waals surface area contributed by atoms with Crippen molar-refractivity contribution in [2.24, 2.45) is 0 Å². The van der Waals surface area contributed by atoms with Gasteiger partial charge in [0.25, 0.3) is 5.56 Å². The first-order valence-corrected chi connectivity index (χ1v) is 9.84. The number of aromatic amines is 1. The summed E-state index contributed by atoms with van der Waals surface area (Å²) in [4.78, 5) is 42.3. The molecule has 1 aliphatic heterocycles. The molecule has 0 radical (unpaired) electrons. The van der Waals surface area contributed by atoms with Gasteiger partial charge in [-0.05, 0) is 54.7 Å². The van der Waals surface area contributed by atoms with E-state index in [2.05, 4.69) is 26.4 Å². The van der Waals surface area contributed by atoms with E-state index in [4.69, 9.17) is 5.26 Å². The zero-order chi connectivity index (χ0) is 21.9. The standard InChI is InChI=1S/C22H18N6O3/c1-11-5-19(28-21(31)26-20(30)17(9-23)27-28)25-12(2)14(11)6-13-3-4-16-15(7-13)22(10-24-16)8-18(22)29/h3-5,7,24H,6,8,10H2,1-2H3,(H,26,30,31). The lowest BCUT2D eigenvalue weighted by Crippen LogP contribution is -2.33. The Morgan fingerprint density at radius 1 is 1.23 bits per heavy atom. The SMILES string of the molecule is Cc1cc(-n2nc(C#N)c(=O)[nH]c2=O)nc(C)c1Cc1ccc2c(c1)C1(CN2)CC1=O. The van der Waals surface area contributed by atoms with Crippen LogP contribution in [0.3, 0.4) is 0 Å². The van der Waals surface area contributed by atoms with E-state index in [0.29, 0.717) is 25.1 Å². The van der Waals surface area contributed by atoms with Gasteiger partial charge in [-0.1, -0.05) is 12.1 Å². The molecule has 3 heterocycles. The smallest absolute Gasteiger partial charge is 0.351 e. The van der Waals surface area contributed by atoms with E-state index in [1.165, 1.54) is 0 Å².